The van der Waals surface area contributed by atoms with Crippen LogP contribution in [0.5, 0.6) is 0 Å². The molecule has 7 heteroatoms. The van der Waals surface area contributed by atoms with E-state index in [2.05, 4.69) is 15.1 Å². The van der Waals surface area contributed by atoms with Gasteiger partial charge >= 0.3 is 0 Å². The number of rotatable bonds is 4. The second-order valence-electron chi connectivity index (χ2n) is 6.26. The smallest absolute Gasteiger partial charge is 0.241 e. The quantitative estimate of drug-likeness (QED) is 0.784. The summed E-state index contributed by atoms with van der Waals surface area (Å²) < 4.78 is 0. The van der Waals surface area contributed by atoms with E-state index in [9.17, 15) is 4.79 Å². The van der Waals surface area contributed by atoms with E-state index in [-0.39, 0.29) is 11.9 Å². The zero-order chi connectivity index (χ0) is 18.7. The summed E-state index contributed by atoms with van der Waals surface area (Å²) in [5, 5.41) is 4.62. The van der Waals surface area contributed by atoms with Crippen LogP contribution >= 0.6 is 34.8 Å². The van der Waals surface area contributed by atoms with Crippen LogP contribution in [0.4, 0.5) is 11.4 Å². The van der Waals surface area contributed by atoms with Crippen molar-refractivity contribution in [3.05, 3.63) is 57.5 Å². The van der Waals surface area contributed by atoms with Gasteiger partial charge in [-0.05, 0) is 37.3 Å². The maximum Gasteiger partial charge on any atom is 0.241 e. The lowest BCUT2D eigenvalue weighted by atomic mass is 10.2. The van der Waals surface area contributed by atoms with Gasteiger partial charge in [-0.25, -0.2) is 0 Å². The molecule has 1 aliphatic heterocycles. The number of hydrogen-bond acceptors (Lipinski definition) is 3. The number of para-hydroxylation sites is 1. The Bertz CT molecular complexity index is 791. The lowest BCUT2D eigenvalue weighted by Crippen LogP contribution is -2.52. The zero-order valence-corrected chi connectivity index (χ0v) is 16.7. The third-order valence-corrected chi connectivity index (χ3v) is 5.51. The average Bonchev–Trinajstić information content (AvgIpc) is 2.64. The summed E-state index contributed by atoms with van der Waals surface area (Å²) in [5.74, 6) is -0.0969. The number of halogens is 3. The fourth-order valence-electron chi connectivity index (χ4n) is 3.05. The molecule has 1 fully saturated rings. The third-order valence-electron chi connectivity index (χ3n) is 4.62. The second-order valence-corrected chi connectivity index (χ2v) is 7.51. The second kappa shape index (κ2) is 8.49. The number of carbonyl (C=O) groups is 1. The van der Waals surface area contributed by atoms with Crippen molar-refractivity contribution in [1.29, 1.82) is 0 Å². The van der Waals surface area contributed by atoms with Crippen LogP contribution < -0.4 is 10.2 Å². The van der Waals surface area contributed by atoms with E-state index in [4.69, 9.17) is 34.8 Å². The molecule has 1 atom stereocenters. The Morgan fingerprint density at radius 3 is 2.38 bits per heavy atom. The molecule has 4 nitrogen and oxygen atoms in total. The molecular formula is C19H20Cl3N3O. The Morgan fingerprint density at radius 1 is 1.00 bits per heavy atom. The van der Waals surface area contributed by atoms with Crippen LogP contribution in [-0.4, -0.2) is 43.0 Å². The van der Waals surface area contributed by atoms with Gasteiger partial charge in [-0.1, -0.05) is 46.9 Å². The largest absolute Gasteiger partial charge is 0.368 e. The first kappa shape index (κ1) is 19.3. The summed E-state index contributed by atoms with van der Waals surface area (Å²) in [6, 6.07) is 12.6. The molecule has 3 rings (SSSR count). The Hall–Kier alpha value is -1.46. The molecular weight excluding hydrogens is 393 g/mol. The van der Waals surface area contributed by atoms with E-state index in [1.807, 2.05) is 31.2 Å². The van der Waals surface area contributed by atoms with Gasteiger partial charge in [0.2, 0.25) is 5.91 Å². The summed E-state index contributed by atoms with van der Waals surface area (Å²) in [6.45, 7) is 5.10. The molecule has 0 unspecified atom stereocenters. The highest BCUT2D eigenvalue weighted by Gasteiger charge is 2.26. The van der Waals surface area contributed by atoms with Gasteiger partial charge in [0.05, 0.1) is 27.5 Å². The van der Waals surface area contributed by atoms with E-state index in [0.29, 0.717) is 15.7 Å². The minimum Gasteiger partial charge on any atom is -0.368 e. The van der Waals surface area contributed by atoms with Gasteiger partial charge in [0.25, 0.3) is 0 Å². The number of nitrogens with one attached hydrogen (secondary N) is 1. The van der Waals surface area contributed by atoms with Crippen LogP contribution in [0.25, 0.3) is 0 Å². The van der Waals surface area contributed by atoms with E-state index >= 15 is 0 Å². The van der Waals surface area contributed by atoms with E-state index < -0.39 is 0 Å². The van der Waals surface area contributed by atoms with E-state index in [0.717, 1.165) is 36.9 Å². The molecule has 1 aliphatic rings. The monoisotopic (exact) mass is 411 g/mol. The number of hydrogen-bond donors (Lipinski definition) is 1. The number of benzene rings is 2. The topological polar surface area (TPSA) is 35.6 Å². The molecule has 0 bridgehead atoms. The lowest BCUT2D eigenvalue weighted by molar-refractivity contribution is -0.120. The predicted molar refractivity (Wildman–Crippen MR) is 110 cm³/mol. The van der Waals surface area contributed by atoms with Crippen LogP contribution in [0.3, 0.4) is 0 Å². The van der Waals surface area contributed by atoms with E-state index in [1.54, 1.807) is 18.2 Å². The van der Waals surface area contributed by atoms with Crippen molar-refractivity contribution in [2.24, 2.45) is 0 Å². The van der Waals surface area contributed by atoms with Crippen LogP contribution in [0.15, 0.2) is 42.5 Å². The maximum atomic E-state index is 12.6. The molecule has 2 aromatic carbocycles. The van der Waals surface area contributed by atoms with Gasteiger partial charge in [-0.2, -0.15) is 0 Å². The first-order chi connectivity index (χ1) is 12.5. The number of nitrogens with zero attached hydrogens (tertiary/aromatic N) is 2. The molecule has 0 aromatic heterocycles. The van der Waals surface area contributed by atoms with Gasteiger partial charge in [-0.15, -0.1) is 0 Å². The Labute approximate surface area is 168 Å². The molecule has 0 radical (unpaired) electrons. The van der Waals surface area contributed by atoms with E-state index in [1.165, 1.54) is 0 Å². The van der Waals surface area contributed by atoms with Gasteiger partial charge < -0.3 is 10.2 Å². The van der Waals surface area contributed by atoms with Gasteiger partial charge in [0, 0.05) is 31.2 Å². The molecule has 138 valence electrons. The minimum absolute atomic E-state index is 0.0969. The van der Waals surface area contributed by atoms with Gasteiger partial charge in [-0.3, -0.25) is 9.69 Å². The fourth-order valence-corrected chi connectivity index (χ4v) is 3.65. The van der Waals surface area contributed by atoms with Crippen LogP contribution in [0, 0.1) is 0 Å². The highest BCUT2D eigenvalue weighted by atomic mass is 35.5. The summed E-state index contributed by atoms with van der Waals surface area (Å²) >= 11 is 18.4. The number of carbonyl (C=O) groups excluding carboxylic acids is 1. The molecule has 2 aromatic rings. The molecule has 1 amide bonds. The minimum atomic E-state index is -0.265. The van der Waals surface area contributed by atoms with Crippen molar-refractivity contribution >= 4 is 52.1 Å². The SMILES string of the molecule is C[C@@H](C(=O)Nc1cc(Cl)ccc1Cl)N1CCN(c2ccccc2Cl)CC1. The van der Waals surface area contributed by atoms with Crippen LogP contribution in [-0.2, 0) is 4.79 Å². The molecule has 26 heavy (non-hydrogen) atoms. The Morgan fingerprint density at radius 2 is 1.69 bits per heavy atom. The van der Waals surface area contributed by atoms with Gasteiger partial charge in [0.15, 0.2) is 0 Å². The number of amides is 1. The van der Waals surface area contributed by atoms with Crippen LogP contribution in [0.2, 0.25) is 15.1 Å². The summed E-state index contributed by atoms with van der Waals surface area (Å²) in [6.07, 6.45) is 0. The molecule has 0 aliphatic carbocycles. The first-order valence-electron chi connectivity index (χ1n) is 8.45. The molecule has 0 spiro atoms. The average molecular weight is 413 g/mol. The Kier molecular flexibility index (Phi) is 6.30. The maximum absolute atomic E-state index is 12.6. The van der Waals surface area contributed by atoms with Crippen molar-refractivity contribution in [1.82, 2.24) is 4.90 Å². The van der Waals surface area contributed by atoms with Gasteiger partial charge in [0.1, 0.15) is 0 Å². The standard InChI is InChI=1S/C19H20Cl3N3O/c1-13(19(26)23-17-12-14(20)6-7-15(17)21)24-8-10-25(11-9-24)18-5-3-2-4-16(18)22/h2-7,12-13H,8-11H2,1H3,(H,23,26)/t13-/m0/s1. The van der Waals surface area contributed by atoms with Crippen molar-refractivity contribution < 1.29 is 4.79 Å². The molecule has 1 saturated heterocycles. The van der Waals surface area contributed by atoms with Crippen molar-refractivity contribution in [3.63, 3.8) is 0 Å². The van der Waals surface area contributed by atoms with Crippen LogP contribution in [0.1, 0.15) is 6.92 Å². The third kappa shape index (κ3) is 4.44. The summed E-state index contributed by atoms with van der Waals surface area (Å²) in [4.78, 5) is 17.0. The van der Waals surface area contributed by atoms with Crippen molar-refractivity contribution in [2.45, 2.75) is 13.0 Å². The summed E-state index contributed by atoms with van der Waals surface area (Å²) in [5.41, 5.74) is 1.57. The molecule has 1 heterocycles. The zero-order valence-electron chi connectivity index (χ0n) is 14.4. The predicted octanol–water partition coefficient (Wildman–Crippen LogP) is 4.80. The lowest BCUT2D eigenvalue weighted by Gasteiger charge is -2.38. The van der Waals surface area contributed by atoms with Crippen molar-refractivity contribution in [3.8, 4) is 0 Å². The highest BCUT2D eigenvalue weighted by Crippen LogP contribution is 2.27. The summed E-state index contributed by atoms with van der Waals surface area (Å²) in [7, 11) is 0. The molecule has 1 N–H and O–H groups in total. The Balaban J connectivity index is 1.59. The fraction of sp³-hybridized carbons (Fsp3) is 0.316. The number of anilines is 2. The highest BCUT2D eigenvalue weighted by molar-refractivity contribution is 6.35. The van der Waals surface area contributed by atoms with Crippen molar-refractivity contribution in [2.75, 3.05) is 36.4 Å². The molecule has 0 saturated carbocycles. The first-order valence-corrected chi connectivity index (χ1v) is 9.58. The normalized spacial score (nSPS) is 16.4. The number of piperazine rings is 1.